The maximum atomic E-state index is 12.8. The zero-order valence-electron chi connectivity index (χ0n) is 15.3. The molecule has 2 amide bonds. The third-order valence-electron chi connectivity index (χ3n) is 4.25. The number of anilines is 1. The van der Waals surface area contributed by atoms with Crippen LogP contribution in [0.1, 0.15) is 17.5 Å². The van der Waals surface area contributed by atoms with Crippen LogP contribution in [0.15, 0.2) is 53.7 Å². The number of benzene rings is 2. The van der Waals surface area contributed by atoms with Gasteiger partial charge < -0.3 is 25.3 Å². The number of amides is 2. The summed E-state index contributed by atoms with van der Waals surface area (Å²) in [6.45, 7) is 0.191. The van der Waals surface area contributed by atoms with Crippen molar-refractivity contribution in [2.24, 2.45) is 5.16 Å². The predicted octanol–water partition coefficient (Wildman–Crippen LogP) is 3.39. The van der Waals surface area contributed by atoms with Gasteiger partial charge in [0.2, 0.25) is 0 Å². The van der Waals surface area contributed by atoms with Gasteiger partial charge >= 0.3 is 18.0 Å². The molecule has 0 aromatic heterocycles. The third kappa shape index (κ3) is 4.60. The molecule has 3 N–H and O–H groups in total. The summed E-state index contributed by atoms with van der Waals surface area (Å²) in [4.78, 5) is 16.2. The number of carbonyl (C=O) groups excluding carboxylic acids is 1. The van der Waals surface area contributed by atoms with Crippen LogP contribution in [0.5, 0.6) is 5.75 Å². The largest absolute Gasteiger partial charge is 0.495 e. The Morgan fingerprint density at radius 2 is 1.93 bits per heavy atom. The van der Waals surface area contributed by atoms with E-state index in [9.17, 15) is 23.1 Å². The first-order valence-corrected chi connectivity index (χ1v) is 8.53. The van der Waals surface area contributed by atoms with Crippen LogP contribution in [0.2, 0.25) is 0 Å². The number of nitrogens with one attached hydrogen (secondary N) is 2. The number of hydrogen-bond donors (Lipinski definition) is 3. The van der Waals surface area contributed by atoms with E-state index in [4.69, 9.17) is 4.74 Å². The van der Waals surface area contributed by atoms with Gasteiger partial charge in [-0.25, -0.2) is 4.79 Å². The van der Waals surface area contributed by atoms with Gasteiger partial charge in [0.15, 0.2) is 0 Å². The number of hydrogen-bond acceptors (Lipinski definition) is 5. The molecule has 29 heavy (non-hydrogen) atoms. The molecule has 1 heterocycles. The van der Waals surface area contributed by atoms with Crippen LogP contribution >= 0.6 is 0 Å². The molecule has 2 aromatic rings. The second-order valence-electron chi connectivity index (χ2n) is 6.29. The summed E-state index contributed by atoms with van der Waals surface area (Å²) < 4.78 is 43.5. The molecular formula is C19H18F3N3O4. The average molecular weight is 409 g/mol. The molecule has 3 rings (SSSR count). The molecule has 1 aliphatic heterocycles. The normalized spacial score (nSPS) is 18.6. The van der Waals surface area contributed by atoms with Crippen molar-refractivity contribution in [2.75, 3.05) is 12.4 Å². The first kappa shape index (κ1) is 20.5. The van der Waals surface area contributed by atoms with Gasteiger partial charge in [0, 0.05) is 6.54 Å². The first-order chi connectivity index (χ1) is 13.7. The Labute approximate surface area is 164 Å². The first-order valence-electron chi connectivity index (χ1n) is 8.53. The SMILES string of the molecule is COc1ccccc1NC(=O)NCc1ccc(C2=NOC(O)(C(F)(F)F)C2)cc1. The van der Waals surface area contributed by atoms with Crippen LogP contribution in [0, 0.1) is 0 Å². The van der Waals surface area contributed by atoms with E-state index >= 15 is 0 Å². The monoisotopic (exact) mass is 409 g/mol. The van der Waals surface area contributed by atoms with E-state index in [-0.39, 0.29) is 12.3 Å². The second-order valence-corrected chi connectivity index (χ2v) is 6.29. The van der Waals surface area contributed by atoms with Gasteiger partial charge in [-0.05, 0) is 23.3 Å². The summed E-state index contributed by atoms with van der Waals surface area (Å²) in [5.41, 5.74) is 1.60. The van der Waals surface area contributed by atoms with E-state index < -0.39 is 24.4 Å². The van der Waals surface area contributed by atoms with Crippen molar-refractivity contribution in [1.82, 2.24) is 5.32 Å². The summed E-state index contributed by atoms with van der Waals surface area (Å²) in [5, 5.41) is 18.2. The van der Waals surface area contributed by atoms with Gasteiger partial charge in [-0.1, -0.05) is 41.6 Å². The summed E-state index contributed by atoms with van der Waals surface area (Å²) >= 11 is 0. The highest BCUT2D eigenvalue weighted by atomic mass is 19.4. The molecule has 7 nitrogen and oxygen atoms in total. The van der Waals surface area contributed by atoms with E-state index in [2.05, 4.69) is 20.6 Å². The van der Waals surface area contributed by atoms with Crippen LogP contribution in [-0.2, 0) is 11.4 Å². The number of rotatable bonds is 5. The highest BCUT2D eigenvalue weighted by Gasteiger charge is 2.60. The zero-order chi connectivity index (χ0) is 21.1. The molecular weight excluding hydrogens is 391 g/mol. The standard InChI is InChI=1S/C19H18F3N3O4/c1-28-16-5-3-2-4-14(16)24-17(26)23-11-12-6-8-13(9-7-12)15-10-18(27,29-25-15)19(20,21)22/h2-9,27H,10-11H2,1H3,(H2,23,24,26). The van der Waals surface area contributed by atoms with Crippen molar-refractivity contribution in [2.45, 2.75) is 24.9 Å². The molecule has 1 aliphatic rings. The van der Waals surface area contributed by atoms with Gasteiger partial charge in [-0.2, -0.15) is 13.2 Å². The molecule has 0 fully saturated rings. The lowest BCUT2D eigenvalue weighted by Gasteiger charge is -2.22. The Kier molecular flexibility index (Phi) is 5.64. The van der Waals surface area contributed by atoms with Crippen LogP contribution < -0.4 is 15.4 Å². The van der Waals surface area contributed by atoms with E-state index in [0.29, 0.717) is 17.0 Å². The summed E-state index contributed by atoms with van der Waals surface area (Å²) in [5.74, 6) is -2.79. The van der Waals surface area contributed by atoms with Gasteiger partial charge in [0.25, 0.3) is 0 Å². The van der Waals surface area contributed by atoms with Crippen molar-refractivity contribution in [3.05, 3.63) is 59.7 Å². The molecule has 10 heteroatoms. The fourth-order valence-electron chi connectivity index (χ4n) is 2.64. The van der Waals surface area contributed by atoms with Gasteiger partial charge in [-0.3, -0.25) is 0 Å². The third-order valence-corrected chi connectivity index (χ3v) is 4.25. The van der Waals surface area contributed by atoms with Crippen LogP contribution in [-0.4, -0.2) is 35.9 Å². The topological polar surface area (TPSA) is 92.2 Å². The molecule has 0 saturated heterocycles. The summed E-state index contributed by atoms with van der Waals surface area (Å²) in [7, 11) is 1.50. The van der Waals surface area contributed by atoms with E-state index in [1.165, 1.54) is 7.11 Å². The number of halogens is 3. The molecule has 0 radical (unpaired) electrons. The number of nitrogens with zero attached hydrogens (tertiary/aromatic N) is 1. The minimum atomic E-state index is -4.95. The fourth-order valence-corrected chi connectivity index (χ4v) is 2.64. The highest BCUT2D eigenvalue weighted by molar-refractivity contribution is 6.01. The van der Waals surface area contributed by atoms with E-state index in [1.807, 2.05) is 0 Å². The van der Waals surface area contributed by atoms with Crippen molar-refractivity contribution >= 4 is 17.4 Å². The molecule has 2 aromatic carbocycles. The Balaban J connectivity index is 1.56. The number of aliphatic hydroxyl groups is 1. The molecule has 0 aliphatic carbocycles. The Morgan fingerprint density at radius 1 is 1.24 bits per heavy atom. The van der Waals surface area contributed by atoms with E-state index in [1.54, 1.807) is 48.5 Å². The molecule has 0 spiro atoms. The number of para-hydroxylation sites is 2. The van der Waals surface area contributed by atoms with Gasteiger partial charge in [0.1, 0.15) is 5.75 Å². The molecule has 1 atom stereocenters. The minimum absolute atomic E-state index is 0.0155. The summed E-state index contributed by atoms with van der Waals surface area (Å²) in [6.07, 6.45) is -5.74. The van der Waals surface area contributed by atoms with Crippen molar-refractivity contribution in [3.63, 3.8) is 0 Å². The lowest BCUT2D eigenvalue weighted by Crippen LogP contribution is -2.45. The maximum Gasteiger partial charge on any atom is 0.458 e. The van der Waals surface area contributed by atoms with Gasteiger partial charge in [0.05, 0.1) is 24.9 Å². The maximum absolute atomic E-state index is 12.8. The lowest BCUT2D eigenvalue weighted by molar-refractivity contribution is -0.355. The van der Waals surface area contributed by atoms with Crippen molar-refractivity contribution in [1.29, 1.82) is 0 Å². The molecule has 0 saturated carbocycles. The lowest BCUT2D eigenvalue weighted by atomic mass is 10.0. The number of methoxy groups -OCH3 is 1. The smallest absolute Gasteiger partial charge is 0.458 e. The molecule has 1 unspecified atom stereocenters. The summed E-state index contributed by atoms with van der Waals surface area (Å²) in [6, 6.07) is 12.8. The Morgan fingerprint density at radius 3 is 2.55 bits per heavy atom. The highest BCUT2D eigenvalue weighted by Crippen LogP contribution is 2.38. The molecule has 154 valence electrons. The number of ether oxygens (including phenoxy) is 1. The number of oxime groups is 1. The van der Waals surface area contributed by atoms with Crippen LogP contribution in [0.3, 0.4) is 0 Å². The molecule has 0 bridgehead atoms. The van der Waals surface area contributed by atoms with Crippen molar-refractivity contribution in [3.8, 4) is 5.75 Å². The van der Waals surface area contributed by atoms with Crippen LogP contribution in [0.4, 0.5) is 23.7 Å². The quantitative estimate of drug-likeness (QED) is 0.706. The number of carbonyl (C=O) groups is 1. The predicted molar refractivity (Wildman–Crippen MR) is 98.5 cm³/mol. The van der Waals surface area contributed by atoms with Crippen molar-refractivity contribution < 1.29 is 32.6 Å². The number of urea groups is 1. The fraction of sp³-hybridized carbons (Fsp3) is 0.263. The van der Waals surface area contributed by atoms with Crippen LogP contribution in [0.25, 0.3) is 0 Å². The average Bonchev–Trinajstić information content (AvgIpc) is 3.11. The van der Waals surface area contributed by atoms with E-state index in [0.717, 1.165) is 5.56 Å². The Hall–Kier alpha value is -3.27. The number of alkyl halides is 3. The second kappa shape index (κ2) is 8.00. The Bertz CT molecular complexity index is 916. The van der Waals surface area contributed by atoms with Gasteiger partial charge in [-0.15, -0.1) is 0 Å². The zero-order valence-corrected chi connectivity index (χ0v) is 15.3. The minimum Gasteiger partial charge on any atom is -0.495 e.